The number of hydrogen-bond acceptors (Lipinski definition) is 3. The van der Waals surface area contributed by atoms with Gasteiger partial charge in [0.05, 0.1) is 6.61 Å². The lowest BCUT2D eigenvalue weighted by atomic mass is 10.1. The van der Waals surface area contributed by atoms with Crippen LogP contribution in [-0.4, -0.2) is 24.9 Å². The molecule has 3 nitrogen and oxygen atoms in total. The van der Waals surface area contributed by atoms with Crippen molar-refractivity contribution in [2.45, 2.75) is 19.8 Å². The number of nitrogens with two attached hydrogens (primary N) is 1. The largest absolute Gasteiger partial charge is 0.491 e. The van der Waals surface area contributed by atoms with Crippen molar-refractivity contribution in [1.29, 1.82) is 0 Å². The highest BCUT2D eigenvalue weighted by Crippen LogP contribution is 2.21. The molecule has 0 saturated carbocycles. The van der Waals surface area contributed by atoms with Crippen LogP contribution < -0.4 is 10.5 Å². The van der Waals surface area contributed by atoms with E-state index in [0.717, 1.165) is 18.6 Å². The highest BCUT2D eigenvalue weighted by molar-refractivity contribution is 5.37. The summed E-state index contributed by atoms with van der Waals surface area (Å²) in [5, 5.41) is 8.70. The topological polar surface area (TPSA) is 55.5 Å². The van der Waals surface area contributed by atoms with Crippen LogP contribution in [0.15, 0.2) is 18.2 Å². The van der Waals surface area contributed by atoms with Crippen LogP contribution in [0.5, 0.6) is 5.75 Å². The minimum atomic E-state index is 0.0458. The van der Waals surface area contributed by atoms with Gasteiger partial charge in [-0.15, -0.1) is 0 Å². The van der Waals surface area contributed by atoms with Gasteiger partial charge in [-0.1, -0.05) is 17.7 Å². The standard InChI is InChI=1S/C12H19NO2/c1-10-4-5-12(15-8-7-14)11(9-10)3-2-6-13/h4-5,9,14H,2-3,6-8,13H2,1H3. The van der Waals surface area contributed by atoms with Gasteiger partial charge in [-0.3, -0.25) is 0 Å². The van der Waals surface area contributed by atoms with E-state index in [2.05, 4.69) is 13.0 Å². The van der Waals surface area contributed by atoms with Crippen LogP contribution in [0.1, 0.15) is 17.5 Å². The molecule has 0 aliphatic carbocycles. The van der Waals surface area contributed by atoms with Crippen molar-refractivity contribution < 1.29 is 9.84 Å². The molecule has 1 rings (SSSR count). The maximum Gasteiger partial charge on any atom is 0.122 e. The lowest BCUT2D eigenvalue weighted by Crippen LogP contribution is -2.06. The third-order valence-electron chi connectivity index (χ3n) is 2.22. The first kappa shape index (κ1) is 12.0. The molecule has 15 heavy (non-hydrogen) atoms. The maximum absolute atomic E-state index is 8.70. The van der Waals surface area contributed by atoms with E-state index < -0.39 is 0 Å². The number of aliphatic hydroxyl groups excluding tert-OH is 1. The predicted molar refractivity (Wildman–Crippen MR) is 61.1 cm³/mol. The van der Waals surface area contributed by atoms with Gasteiger partial charge in [0.2, 0.25) is 0 Å². The van der Waals surface area contributed by atoms with Gasteiger partial charge >= 0.3 is 0 Å². The highest BCUT2D eigenvalue weighted by atomic mass is 16.5. The summed E-state index contributed by atoms with van der Waals surface area (Å²) in [5.74, 6) is 0.864. The van der Waals surface area contributed by atoms with Crippen LogP contribution in [0.3, 0.4) is 0 Å². The van der Waals surface area contributed by atoms with Crippen LogP contribution in [0.2, 0.25) is 0 Å². The SMILES string of the molecule is Cc1ccc(OCCO)c(CCCN)c1. The van der Waals surface area contributed by atoms with E-state index in [9.17, 15) is 0 Å². The zero-order valence-corrected chi connectivity index (χ0v) is 9.20. The first-order chi connectivity index (χ1) is 7.27. The van der Waals surface area contributed by atoms with Gasteiger partial charge in [0, 0.05) is 0 Å². The lowest BCUT2D eigenvalue weighted by Gasteiger charge is -2.11. The molecule has 1 aromatic rings. The van der Waals surface area contributed by atoms with E-state index in [0.29, 0.717) is 13.2 Å². The second-order valence-corrected chi connectivity index (χ2v) is 3.58. The zero-order chi connectivity index (χ0) is 11.1. The number of aliphatic hydroxyl groups is 1. The molecule has 0 aliphatic rings. The second-order valence-electron chi connectivity index (χ2n) is 3.58. The third-order valence-corrected chi connectivity index (χ3v) is 2.22. The summed E-state index contributed by atoms with van der Waals surface area (Å²) in [6.07, 6.45) is 1.89. The van der Waals surface area contributed by atoms with Crippen molar-refractivity contribution in [1.82, 2.24) is 0 Å². The predicted octanol–water partition coefficient (Wildman–Crippen LogP) is 1.26. The van der Waals surface area contributed by atoms with E-state index in [-0.39, 0.29) is 6.61 Å². The van der Waals surface area contributed by atoms with Crippen LogP contribution in [0.25, 0.3) is 0 Å². The summed E-state index contributed by atoms with van der Waals surface area (Å²) < 4.78 is 5.45. The summed E-state index contributed by atoms with van der Waals surface area (Å²) >= 11 is 0. The molecule has 3 N–H and O–H groups in total. The first-order valence-electron chi connectivity index (χ1n) is 5.31. The van der Waals surface area contributed by atoms with Gasteiger partial charge in [-0.2, -0.15) is 0 Å². The van der Waals surface area contributed by atoms with Gasteiger partial charge < -0.3 is 15.6 Å². The molecule has 0 heterocycles. The molecule has 1 aromatic carbocycles. The first-order valence-corrected chi connectivity index (χ1v) is 5.31. The van der Waals surface area contributed by atoms with Crippen molar-refractivity contribution in [3.05, 3.63) is 29.3 Å². The van der Waals surface area contributed by atoms with E-state index in [1.165, 1.54) is 11.1 Å². The number of ether oxygens (including phenoxy) is 1. The molecule has 0 amide bonds. The molecule has 0 atom stereocenters. The Morgan fingerprint density at radius 3 is 2.87 bits per heavy atom. The molecule has 0 saturated heterocycles. The summed E-state index contributed by atoms with van der Waals surface area (Å²) in [6.45, 7) is 3.14. The van der Waals surface area contributed by atoms with Crippen LogP contribution in [0.4, 0.5) is 0 Å². The second kappa shape index (κ2) is 6.43. The Labute approximate surface area is 90.9 Å². The van der Waals surface area contributed by atoms with Gasteiger partial charge in [0.1, 0.15) is 12.4 Å². The van der Waals surface area contributed by atoms with Crippen molar-refractivity contribution in [2.24, 2.45) is 5.73 Å². The Kier molecular flexibility index (Phi) is 5.15. The smallest absolute Gasteiger partial charge is 0.122 e. The monoisotopic (exact) mass is 209 g/mol. The molecule has 3 heteroatoms. The molecule has 0 unspecified atom stereocenters. The van der Waals surface area contributed by atoms with Crippen molar-refractivity contribution in [2.75, 3.05) is 19.8 Å². The molecule has 0 aromatic heterocycles. The van der Waals surface area contributed by atoms with E-state index in [1.54, 1.807) is 0 Å². The molecular formula is C12H19NO2. The Balaban J connectivity index is 2.73. The number of aryl methyl sites for hydroxylation is 2. The van der Waals surface area contributed by atoms with Crippen molar-refractivity contribution in [3.63, 3.8) is 0 Å². The minimum Gasteiger partial charge on any atom is -0.491 e. The van der Waals surface area contributed by atoms with E-state index in [1.807, 2.05) is 12.1 Å². The van der Waals surface area contributed by atoms with Crippen molar-refractivity contribution >= 4 is 0 Å². The summed E-state index contributed by atoms with van der Waals surface area (Å²) in [6, 6.07) is 6.08. The molecule has 0 bridgehead atoms. The molecule has 84 valence electrons. The number of hydrogen-bond donors (Lipinski definition) is 2. The highest BCUT2D eigenvalue weighted by Gasteiger charge is 2.03. The Morgan fingerprint density at radius 2 is 2.20 bits per heavy atom. The Bertz CT molecular complexity index is 300. The molecular weight excluding hydrogens is 190 g/mol. The van der Waals surface area contributed by atoms with Gasteiger partial charge in [-0.05, 0) is 37.9 Å². The molecule has 0 spiro atoms. The Morgan fingerprint density at radius 1 is 1.40 bits per heavy atom. The number of rotatable bonds is 6. The average molecular weight is 209 g/mol. The fourth-order valence-electron chi connectivity index (χ4n) is 1.49. The van der Waals surface area contributed by atoms with E-state index in [4.69, 9.17) is 15.6 Å². The van der Waals surface area contributed by atoms with Gasteiger partial charge in [0.25, 0.3) is 0 Å². The van der Waals surface area contributed by atoms with Crippen LogP contribution >= 0.6 is 0 Å². The van der Waals surface area contributed by atoms with Crippen LogP contribution in [-0.2, 0) is 6.42 Å². The van der Waals surface area contributed by atoms with Gasteiger partial charge in [0.15, 0.2) is 0 Å². The summed E-state index contributed by atoms with van der Waals surface area (Å²) in [4.78, 5) is 0. The lowest BCUT2D eigenvalue weighted by molar-refractivity contribution is 0.200. The number of benzene rings is 1. The average Bonchev–Trinajstić information content (AvgIpc) is 2.25. The third kappa shape index (κ3) is 3.90. The normalized spacial score (nSPS) is 10.3. The fraction of sp³-hybridized carbons (Fsp3) is 0.500. The molecule has 0 radical (unpaired) electrons. The van der Waals surface area contributed by atoms with Gasteiger partial charge in [-0.25, -0.2) is 0 Å². The quantitative estimate of drug-likeness (QED) is 0.741. The molecule has 0 fully saturated rings. The maximum atomic E-state index is 8.70. The van der Waals surface area contributed by atoms with E-state index >= 15 is 0 Å². The van der Waals surface area contributed by atoms with Crippen molar-refractivity contribution in [3.8, 4) is 5.75 Å². The van der Waals surface area contributed by atoms with Crippen LogP contribution in [0, 0.1) is 6.92 Å². The minimum absolute atomic E-state index is 0.0458. The zero-order valence-electron chi connectivity index (χ0n) is 9.20. The fourth-order valence-corrected chi connectivity index (χ4v) is 1.49. The summed E-state index contributed by atoms with van der Waals surface area (Å²) in [5.41, 5.74) is 7.88. The molecule has 0 aliphatic heterocycles. The summed E-state index contributed by atoms with van der Waals surface area (Å²) in [7, 11) is 0. The Hall–Kier alpha value is -1.06.